The molecule has 2 aromatic rings. The molecule has 3 aliphatic rings. The van der Waals surface area contributed by atoms with Gasteiger partial charge in [-0.2, -0.15) is 0 Å². The third-order valence-corrected chi connectivity index (χ3v) is 12.7. The second kappa shape index (κ2) is 11.2. The molecule has 3 heterocycles. The maximum Gasteiger partial charge on any atom is 0.222 e. The third kappa shape index (κ3) is 5.23. The number of rotatable bonds is 9. The van der Waals surface area contributed by atoms with Gasteiger partial charge in [0.2, 0.25) is 5.91 Å². The second-order valence-electron chi connectivity index (χ2n) is 10.4. The Morgan fingerprint density at radius 1 is 1.02 bits per heavy atom. The van der Waals surface area contributed by atoms with Crippen molar-refractivity contribution in [3.63, 3.8) is 0 Å². The Morgan fingerprint density at radius 3 is 2.45 bits per heavy atom. The van der Waals surface area contributed by atoms with Gasteiger partial charge in [0, 0.05) is 37.1 Å². The zero-order chi connectivity index (χ0) is 28.7. The first kappa shape index (κ1) is 29.2. The highest BCUT2D eigenvalue weighted by molar-refractivity contribution is 7.92. The number of amides is 1. The van der Waals surface area contributed by atoms with E-state index in [0.29, 0.717) is 31.0 Å². The monoisotopic (exact) mass is 617 g/mol. The van der Waals surface area contributed by atoms with Crippen molar-refractivity contribution >= 4 is 37.2 Å². The zero-order valence-electron chi connectivity index (χ0n) is 21.7. The fourth-order valence-electron chi connectivity index (χ4n) is 6.15. The summed E-state index contributed by atoms with van der Waals surface area (Å²) in [5, 5.41) is 0.307. The number of ether oxygens (including phenoxy) is 2. The lowest BCUT2D eigenvalue weighted by molar-refractivity contribution is -0.127. The van der Waals surface area contributed by atoms with Crippen LogP contribution in [-0.2, 0) is 34.0 Å². The molecule has 0 aliphatic carbocycles. The van der Waals surface area contributed by atoms with Crippen LogP contribution in [0.25, 0.3) is 0 Å². The molecule has 218 valence electrons. The van der Waals surface area contributed by atoms with E-state index in [9.17, 15) is 26.0 Å². The van der Waals surface area contributed by atoms with Gasteiger partial charge < -0.3 is 14.4 Å². The quantitative estimate of drug-likeness (QED) is 0.420. The van der Waals surface area contributed by atoms with Crippen LogP contribution in [0.2, 0.25) is 5.02 Å². The van der Waals surface area contributed by atoms with Crippen LogP contribution in [-0.4, -0.2) is 71.6 Å². The lowest BCUT2D eigenvalue weighted by Crippen LogP contribution is -2.57. The molecule has 0 saturated carbocycles. The number of carbonyl (C=O) groups is 1. The van der Waals surface area contributed by atoms with Crippen LogP contribution in [0, 0.1) is 17.6 Å². The van der Waals surface area contributed by atoms with Crippen molar-refractivity contribution in [2.45, 2.75) is 47.9 Å². The summed E-state index contributed by atoms with van der Waals surface area (Å²) >= 11 is 5.98. The molecule has 40 heavy (non-hydrogen) atoms. The number of hydrogen-bond acceptors (Lipinski definition) is 7. The summed E-state index contributed by atoms with van der Waals surface area (Å²) in [4.78, 5) is 13.3. The molecule has 0 spiro atoms. The predicted molar refractivity (Wildman–Crippen MR) is 144 cm³/mol. The minimum absolute atomic E-state index is 0.0208. The van der Waals surface area contributed by atoms with Crippen LogP contribution in [0.1, 0.15) is 37.7 Å². The normalized spacial score (nSPS) is 24.9. The van der Waals surface area contributed by atoms with E-state index in [4.69, 9.17) is 21.1 Å². The number of nitrogens with zero attached hydrogens (tertiary/aromatic N) is 1. The number of hydrogen-bond donors (Lipinski definition) is 0. The SMILES string of the molecule is O=C1CCCN1CCCS(=O)(=O)CC[C@@H]1OCC[C@@]2(S(=O)(=O)c3ccc(Cl)cc3)c3c(F)ccc(F)c3OC[C@@H]12. The van der Waals surface area contributed by atoms with Crippen LogP contribution in [0.3, 0.4) is 0 Å². The van der Waals surface area contributed by atoms with E-state index in [-0.39, 0.29) is 48.4 Å². The first-order valence-electron chi connectivity index (χ1n) is 13.2. The maximum atomic E-state index is 15.5. The average molecular weight is 618 g/mol. The van der Waals surface area contributed by atoms with E-state index in [1.807, 2.05) is 0 Å². The third-order valence-electron chi connectivity index (χ3n) is 8.11. The molecule has 3 aliphatic heterocycles. The molecule has 5 rings (SSSR count). The summed E-state index contributed by atoms with van der Waals surface area (Å²) in [6.07, 6.45) is 0.391. The first-order valence-corrected chi connectivity index (χ1v) is 16.9. The molecule has 2 saturated heterocycles. The summed E-state index contributed by atoms with van der Waals surface area (Å²) in [6.45, 7) is 0.570. The van der Waals surface area contributed by atoms with E-state index < -0.39 is 59.4 Å². The van der Waals surface area contributed by atoms with Crippen molar-refractivity contribution in [2.75, 3.05) is 37.8 Å². The smallest absolute Gasteiger partial charge is 0.222 e. The molecule has 0 bridgehead atoms. The molecule has 0 N–H and O–H groups in total. The molecule has 8 nitrogen and oxygen atoms in total. The van der Waals surface area contributed by atoms with Gasteiger partial charge in [0.15, 0.2) is 21.4 Å². The van der Waals surface area contributed by atoms with E-state index in [1.165, 1.54) is 24.3 Å². The number of carbonyl (C=O) groups excluding carboxylic acids is 1. The number of sulfone groups is 2. The maximum absolute atomic E-state index is 15.5. The predicted octanol–water partition coefficient (Wildman–Crippen LogP) is 3.90. The Balaban J connectivity index is 1.44. The van der Waals surface area contributed by atoms with Crippen molar-refractivity contribution in [3.05, 3.63) is 58.6 Å². The summed E-state index contributed by atoms with van der Waals surface area (Å²) in [6, 6.07) is 7.20. The average Bonchev–Trinajstić information content (AvgIpc) is 3.33. The zero-order valence-corrected chi connectivity index (χ0v) is 24.0. The van der Waals surface area contributed by atoms with Crippen molar-refractivity contribution in [1.82, 2.24) is 4.90 Å². The number of likely N-dealkylation sites (tertiary alicyclic amines) is 1. The fourth-order valence-corrected chi connectivity index (χ4v) is 9.98. The van der Waals surface area contributed by atoms with Gasteiger partial charge in [0.05, 0.1) is 34.7 Å². The molecule has 0 unspecified atom stereocenters. The Hall–Kier alpha value is -2.28. The van der Waals surface area contributed by atoms with Crippen molar-refractivity contribution in [3.8, 4) is 5.75 Å². The lowest BCUT2D eigenvalue weighted by Gasteiger charge is -2.50. The highest BCUT2D eigenvalue weighted by Gasteiger charge is 2.61. The molecule has 2 aromatic carbocycles. The Bertz CT molecular complexity index is 1500. The highest BCUT2D eigenvalue weighted by Crippen LogP contribution is 2.56. The van der Waals surface area contributed by atoms with Gasteiger partial charge in [-0.25, -0.2) is 25.6 Å². The van der Waals surface area contributed by atoms with Gasteiger partial charge in [-0.15, -0.1) is 0 Å². The van der Waals surface area contributed by atoms with E-state index in [2.05, 4.69) is 0 Å². The number of halogens is 3. The minimum atomic E-state index is -4.38. The second-order valence-corrected chi connectivity index (χ2v) is 15.4. The van der Waals surface area contributed by atoms with E-state index >= 15 is 4.39 Å². The van der Waals surface area contributed by atoms with E-state index in [1.54, 1.807) is 4.90 Å². The van der Waals surface area contributed by atoms with Gasteiger partial charge in [-0.3, -0.25) is 4.79 Å². The van der Waals surface area contributed by atoms with Crippen LogP contribution >= 0.6 is 11.6 Å². The molecule has 0 aromatic heterocycles. The minimum Gasteiger partial charge on any atom is -0.490 e. The highest BCUT2D eigenvalue weighted by atomic mass is 35.5. The number of fused-ring (bicyclic) bond motifs is 3. The molecule has 2 fully saturated rings. The molecular formula is C27H30ClF2NO7S2. The lowest BCUT2D eigenvalue weighted by atomic mass is 9.75. The summed E-state index contributed by atoms with van der Waals surface area (Å²) < 4.78 is 94.3. The van der Waals surface area contributed by atoms with E-state index in [0.717, 1.165) is 18.6 Å². The summed E-state index contributed by atoms with van der Waals surface area (Å²) in [5.41, 5.74) is -0.398. The number of benzene rings is 2. The Morgan fingerprint density at radius 2 is 1.75 bits per heavy atom. The summed E-state index contributed by atoms with van der Waals surface area (Å²) in [7, 11) is -7.95. The van der Waals surface area contributed by atoms with Crippen molar-refractivity contribution in [2.24, 2.45) is 5.92 Å². The van der Waals surface area contributed by atoms with Crippen LogP contribution < -0.4 is 4.74 Å². The standard InChI is InChI=1S/C27H30ClF2NO7S2/c28-18-4-6-19(7-5-18)40(35,36)27-11-14-37-23(20(27)17-38-26-22(30)9-8-21(29)25(26)27)10-16-39(33,34)15-2-13-31-12-1-3-24(31)32/h4-9,20,23H,1-3,10-17H2/t20-,23-,27-/m0/s1. The molecule has 3 atom stereocenters. The summed E-state index contributed by atoms with van der Waals surface area (Å²) in [5.74, 6) is -3.70. The van der Waals surface area contributed by atoms with Gasteiger partial charge in [-0.05, 0) is 62.1 Å². The Kier molecular flexibility index (Phi) is 8.17. The fraction of sp³-hybridized carbons (Fsp3) is 0.519. The molecule has 1 amide bonds. The first-order chi connectivity index (χ1) is 19.0. The largest absolute Gasteiger partial charge is 0.490 e. The van der Waals surface area contributed by atoms with Crippen molar-refractivity contribution < 1.29 is 39.9 Å². The van der Waals surface area contributed by atoms with Gasteiger partial charge >= 0.3 is 0 Å². The van der Waals surface area contributed by atoms with Crippen LogP contribution in [0.15, 0.2) is 41.3 Å². The molecule has 0 radical (unpaired) electrons. The molecular weight excluding hydrogens is 588 g/mol. The van der Waals surface area contributed by atoms with Gasteiger partial charge in [-0.1, -0.05) is 11.6 Å². The van der Waals surface area contributed by atoms with Gasteiger partial charge in [0.25, 0.3) is 0 Å². The topological polar surface area (TPSA) is 107 Å². The van der Waals surface area contributed by atoms with Gasteiger partial charge in [0.1, 0.15) is 20.4 Å². The van der Waals surface area contributed by atoms with Crippen LogP contribution in [0.5, 0.6) is 5.75 Å². The Labute approximate surface area is 237 Å². The molecule has 13 heteroatoms. The van der Waals surface area contributed by atoms with Crippen LogP contribution in [0.4, 0.5) is 8.78 Å². The van der Waals surface area contributed by atoms with Crippen molar-refractivity contribution in [1.29, 1.82) is 0 Å².